The van der Waals surface area contributed by atoms with Gasteiger partial charge in [-0.2, -0.15) is 0 Å². The van der Waals surface area contributed by atoms with Gasteiger partial charge >= 0.3 is 0 Å². The second-order valence-corrected chi connectivity index (χ2v) is 23.5. The average Bonchev–Trinajstić information content (AvgIpc) is 3.90. The number of fused-ring (bicyclic) bond motifs is 4. The molecule has 0 N–H and O–H groups in total. The van der Waals surface area contributed by atoms with Gasteiger partial charge in [-0.05, 0) is 86.4 Å². The third-order valence-electron chi connectivity index (χ3n) is 12.4. The minimum absolute atomic E-state index is 0. The number of nitrogens with zero attached hydrogens (tertiary/aromatic N) is 3. The summed E-state index contributed by atoms with van der Waals surface area (Å²) in [5.41, 5.74) is 15.7. The van der Waals surface area contributed by atoms with Crippen LogP contribution < -0.4 is 5.19 Å². The number of aromatic nitrogens is 3. The largest absolute Gasteiger partial charge is 0.501 e. The summed E-state index contributed by atoms with van der Waals surface area (Å²) in [7, 11) is -1.47. The van der Waals surface area contributed by atoms with Crippen molar-refractivity contribution in [3.05, 3.63) is 204 Å². The zero-order valence-corrected chi connectivity index (χ0v) is 41.9. The topological polar surface area (TPSA) is 43.9 Å². The molecule has 327 valence electrons. The number of imidazole rings is 1. The molecule has 10 aromatic rings. The zero-order valence-electron chi connectivity index (χ0n) is 38.5. The van der Waals surface area contributed by atoms with Crippen LogP contribution >= 0.6 is 0 Å². The fourth-order valence-electron chi connectivity index (χ4n) is 8.97. The Balaban J connectivity index is 0.000000198. The summed E-state index contributed by atoms with van der Waals surface area (Å²) < 4.78 is 8.83. The predicted molar refractivity (Wildman–Crippen MR) is 272 cm³/mol. The Morgan fingerprint density at radius 3 is 1.92 bits per heavy atom. The van der Waals surface area contributed by atoms with Crippen molar-refractivity contribution in [1.29, 1.82) is 0 Å². The van der Waals surface area contributed by atoms with Gasteiger partial charge in [-0.25, -0.2) is 0 Å². The van der Waals surface area contributed by atoms with Crippen LogP contribution in [0.5, 0.6) is 0 Å². The zero-order chi connectivity index (χ0) is 44.5. The van der Waals surface area contributed by atoms with Crippen LogP contribution in [0.1, 0.15) is 74.6 Å². The van der Waals surface area contributed by atoms with Gasteiger partial charge < -0.3 is 14.0 Å². The van der Waals surface area contributed by atoms with Gasteiger partial charge in [0, 0.05) is 43.3 Å². The van der Waals surface area contributed by atoms with E-state index in [1.807, 2.05) is 36.4 Å². The first kappa shape index (κ1) is 45.4. The first-order valence-electron chi connectivity index (χ1n) is 22.5. The Morgan fingerprint density at radius 2 is 1.25 bits per heavy atom. The van der Waals surface area contributed by atoms with Gasteiger partial charge in [0.05, 0.1) is 30.5 Å². The molecule has 4 nitrogen and oxygen atoms in total. The van der Waals surface area contributed by atoms with Crippen molar-refractivity contribution < 1.29 is 24.5 Å². The average molecular weight is 1040 g/mol. The van der Waals surface area contributed by atoms with E-state index in [1.54, 1.807) is 0 Å². The number of hydrogen-bond acceptors (Lipinski definition) is 3. The summed E-state index contributed by atoms with van der Waals surface area (Å²) in [4.78, 5) is 9.99. The molecule has 10 rings (SSSR count). The van der Waals surface area contributed by atoms with Crippen molar-refractivity contribution in [2.45, 2.75) is 72.0 Å². The Hall–Kier alpha value is -6.17. The minimum atomic E-state index is -1.47. The molecule has 0 amide bonds. The summed E-state index contributed by atoms with van der Waals surface area (Å²) in [5.74, 6) is 1.81. The van der Waals surface area contributed by atoms with Gasteiger partial charge in [0.1, 0.15) is 5.58 Å². The molecule has 1 atom stereocenters. The normalized spacial score (nSPS) is 12.1. The maximum Gasteiger partial charge on any atom is 0.120 e. The second kappa shape index (κ2) is 19.1. The van der Waals surface area contributed by atoms with Crippen molar-refractivity contribution >= 4 is 46.2 Å². The molecule has 3 aromatic heterocycles. The number of hydrogen-bond donors (Lipinski definition) is 0. The Bertz CT molecular complexity index is 3190. The van der Waals surface area contributed by atoms with Gasteiger partial charge in [-0.1, -0.05) is 162 Å². The summed E-state index contributed by atoms with van der Waals surface area (Å²) in [6, 6.07) is 64.0. The number of pyridine rings is 1. The van der Waals surface area contributed by atoms with Crippen LogP contribution in [-0.4, -0.2) is 22.6 Å². The first-order valence-corrected chi connectivity index (χ1v) is 26.0. The summed E-state index contributed by atoms with van der Waals surface area (Å²) in [6.45, 7) is 18.6. The predicted octanol–water partition coefficient (Wildman–Crippen LogP) is 15.5. The van der Waals surface area contributed by atoms with E-state index < -0.39 is 8.07 Å². The fourth-order valence-corrected chi connectivity index (χ4v) is 10.6. The van der Waals surface area contributed by atoms with E-state index in [0.29, 0.717) is 17.8 Å². The molecule has 0 bridgehead atoms. The number of benzene rings is 7. The van der Waals surface area contributed by atoms with Crippen LogP contribution in [-0.2, 0) is 20.1 Å². The van der Waals surface area contributed by atoms with Gasteiger partial charge in [0.2, 0.25) is 0 Å². The van der Waals surface area contributed by atoms with Crippen molar-refractivity contribution in [3.8, 4) is 39.5 Å². The molecule has 0 fully saturated rings. The maximum atomic E-state index is 6.47. The van der Waals surface area contributed by atoms with Crippen LogP contribution in [0.3, 0.4) is 0 Å². The molecular formula is C59H55IrN3OSi-2. The van der Waals surface area contributed by atoms with Crippen molar-refractivity contribution in [3.63, 3.8) is 0 Å². The van der Waals surface area contributed by atoms with Gasteiger partial charge in [-0.3, -0.25) is 4.98 Å². The van der Waals surface area contributed by atoms with E-state index in [2.05, 4.69) is 205 Å². The molecule has 1 radical (unpaired) electrons. The Morgan fingerprint density at radius 1 is 0.600 bits per heavy atom. The molecule has 0 saturated heterocycles. The fraction of sp³-hybridized carbons (Fsp3) is 0.186. The van der Waals surface area contributed by atoms with Crippen molar-refractivity contribution in [1.82, 2.24) is 14.5 Å². The molecule has 0 aliphatic rings. The first-order chi connectivity index (χ1) is 31.0. The molecule has 6 heteroatoms. The van der Waals surface area contributed by atoms with Gasteiger partial charge in [-0.15, -0.1) is 54.1 Å². The molecular weight excluding hydrogens is 987 g/mol. The number of furan rings is 1. The number of rotatable bonds is 9. The van der Waals surface area contributed by atoms with E-state index in [4.69, 9.17) is 14.4 Å². The second-order valence-electron chi connectivity index (χ2n) is 18.4. The smallest absolute Gasteiger partial charge is 0.120 e. The van der Waals surface area contributed by atoms with E-state index in [1.165, 1.54) is 44.3 Å². The summed E-state index contributed by atoms with van der Waals surface area (Å²) in [6.07, 6.45) is 2.11. The van der Waals surface area contributed by atoms with Crippen LogP contribution in [0.25, 0.3) is 72.4 Å². The third kappa shape index (κ3) is 9.09. The summed E-state index contributed by atoms with van der Waals surface area (Å²) >= 11 is 0. The standard InChI is InChI=1S/C37H31N2O.C22H24NSi.Ir/c1-23(2)30-21-26(25-13-6-5-7-14-25)22-31(24(3)4)35(30)39-33-19-10-9-18-32(33)38-37(39)29-17-12-16-28-27-15-8-11-20-34(27)40-36(28)29;1-17(18-11-7-5-8-12-18)20-15-21(19-13-9-6-10-14-19)23-16-22(20)24(2,3)4;/h5-16,18-24H,1-4H3;5-13,15-17H,1-4H3;/q2*-1;. The van der Waals surface area contributed by atoms with Crippen LogP contribution in [0.15, 0.2) is 174 Å². The molecule has 0 spiro atoms. The SMILES string of the molecule is CC(C)c1cc(-c2ccccc2)cc(C(C)C)c1-n1c(-c2[c-]ccc3c2oc2ccccc23)nc2ccccc21.CC(c1ccccc1)c1cc(-c2[c-]cccc2)ncc1[Si](C)(C)C.[Ir]. The maximum absolute atomic E-state index is 6.47. The quantitative estimate of drug-likeness (QED) is 0.107. The molecule has 0 aliphatic heterocycles. The Kier molecular flexibility index (Phi) is 13.4. The number of para-hydroxylation sites is 3. The third-order valence-corrected chi connectivity index (χ3v) is 14.4. The van der Waals surface area contributed by atoms with E-state index >= 15 is 0 Å². The monoisotopic (exact) mass is 1040 g/mol. The van der Waals surface area contributed by atoms with E-state index in [0.717, 1.165) is 55.6 Å². The molecule has 1 unspecified atom stereocenters. The van der Waals surface area contributed by atoms with Gasteiger partial charge in [0.15, 0.2) is 0 Å². The summed E-state index contributed by atoms with van der Waals surface area (Å²) in [5, 5.41) is 3.63. The van der Waals surface area contributed by atoms with Crippen LogP contribution in [0.4, 0.5) is 0 Å². The van der Waals surface area contributed by atoms with Crippen molar-refractivity contribution in [2.75, 3.05) is 0 Å². The van der Waals surface area contributed by atoms with Crippen LogP contribution in [0, 0.1) is 12.1 Å². The van der Waals surface area contributed by atoms with Gasteiger partial charge in [0.25, 0.3) is 0 Å². The molecule has 0 saturated carbocycles. The van der Waals surface area contributed by atoms with E-state index in [-0.39, 0.29) is 20.1 Å². The minimum Gasteiger partial charge on any atom is -0.501 e. The Labute approximate surface area is 398 Å². The molecule has 65 heavy (non-hydrogen) atoms. The molecule has 7 aromatic carbocycles. The van der Waals surface area contributed by atoms with E-state index in [9.17, 15) is 0 Å². The molecule has 0 aliphatic carbocycles. The van der Waals surface area contributed by atoms with Crippen molar-refractivity contribution in [2.24, 2.45) is 0 Å². The van der Waals surface area contributed by atoms with Crippen LogP contribution in [0.2, 0.25) is 19.6 Å². The molecule has 3 heterocycles.